The fourth-order valence-electron chi connectivity index (χ4n) is 2.86. The van der Waals surface area contributed by atoms with Gasteiger partial charge < -0.3 is 4.52 Å². The molecule has 0 spiro atoms. The number of pyridine rings is 1. The van der Waals surface area contributed by atoms with Crippen molar-refractivity contribution in [1.29, 1.82) is 0 Å². The lowest BCUT2D eigenvalue weighted by molar-refractivity contribution is 0.0988. The van der Waals surface area contributed by atoms with E-state index < -0.39 is 5.82 Å². The molecule has 0 bridgehead atoms. The number of aromatic nitrogens is 4. The van der Waals surface area contributed by atoms with Gasteiger partial charge in [-0.25, -0.2) is 4.39 Å². The zero-order valence-corrected chi connectivity index (χ0v) is 15.0. The van der Waals surface area contributed by atoms with Crippen molar-refractivity contribution in [2.75, 3.05) is 0 Å². The Hall–Kier alpha value is -3.74. The van der Waals surface area contributed by atoms with Gasteiger partial charge in [0.2, 0.25) is 0 Å². The topological polar surface area (TPSA) is 81.8 Å². The third-order valence-electron chi connectivity index (χ3n) is 4.36. The molecule has 0 atom stereocenters. The number of halogens is 1. The highest BCUT2D eigenvalue weighted by atomic mass is 19.1. The van der Waals surface area contributed by atoms with E-state index in [1.54, 1.807) is 18.5 Å². The second-order valence-corrected chi connectivity index (χ2v) is 6.25. The maximum atomic E-state index is 13.7. The van der Waals surface area contributed by atoms with Gasteiger partial charge in [-0.05, 0) is 24.6 Å². The first-order valence-corrected chi connectivity index (χ1v) is 8.57. The van der Waals surface area contributed by atoms with Crippen LogP contribution in [-0.2, 0) is 6.42 Å². The number of rotatable bonds is 5. The van der Waals surface area contributed by atoms with Gasteiger partial charge >= 0.3 is 0 Å². The Balaban J connectivity index is 1.58. The summed E-state index contributed by atoms with van der Waals surface area (Å²) in [4.78, 5) is 24.7. The molecule has 0 aliphatic rings. The summed E-state index contributed by atoms with van der Waals surface area (Å²) in [7, 11) is 0. The molecule has 0 saturated heterocycles. The summed E-state index contributed by atoms with van der Waals surface area (Å²) in [6.45, 7) is 1.98. The molecule has 7 heteroatoms. The summed E-state index contributed by atoms with van der Waals surface area (Å²) in [6.07, 6.45) is 7.10. The van der Waals surface area contributed by atoms with Crippen molar-refractivity contribution >= 4 is 5.78 Å². The fourth-order valence-corrected chi connectivity index (χ4v) is 2.86. The lowest BCUT2D eigenvalue weighted by Gasteiger charge is -2.08. The first-order chi connectivity index (χ1) is 13.6. The molecule has 138 valence electrons. The quantitative estimate of drug-likeness (QED) is 0.490. The number of Topliss-reactive ketones (excluding diaryl/α,β-unsaturated/α-hetero) is 1. The van der Waals surface area contributed by atoms with Crippen molar-refractivity contribution in [3.63, 3.8) is 0 Å². The second kappa shape index (κ2) is 7.48. The summed E-state index contributed by atoms with van der Waals surface area (Å²) >= 11 is 0. The molecule has 3 aromatic heterocycles. The summed E-state index contributed by atoms with van der Waals surface area (Å²) in [5, 5.41) is 3.73. The van der Waals surface area contributed by atoms with Crippen LogP contribution >= 0.6 is 0 Å². The van der Waals surface area contributed by atoms with Crippen LogP contribution in [0.15, 0.2) is 65.8 Å². The third-order valence-corrected chi connectivity index (χ3v) is 4.36. The highest BCUT2D eigenvalue weighted by Gasteiger charge is 2.14. The van der Waals surface area contributed by atoms with Crippen molar-refractivity contribution < 1.29 is 13.7 Å². The Kier molecular flexibility index (Phi) is 4.72. The summed E-state index contributed by atoms with van der Waals surface area (Å²) < 4.78 is 18.9. The van der Waals surface area contributed by atoms with Crippen LogP contribution in [0.3, 0.4) is 0 Å². The van der Waals surface area contributed by atoms with Crippen LogP contribution in [-0.4, -0.2) is 25.9 Å². The van der Waals surface area contributed by atoms with Crippen molar-refractivity contribution in [3.05, 3.63) is 84.0 Å². The minimum atomic E-state index is -0.642. The van der Waals surface area contributed by atoms with Gasteiger partial charge in [0.05, 0.1) is 42.0 Å². The van der Waals surface area contributed by atoms with Crippen LogP contribution in [0.25, 0.3) is 22.6 Å². The largest absolute Gasteiger partial charge is 0.356 e. The van der Waals surface area contributed by atoms with Crippen molar-refractivity contribution in [3.8, 4) is 22.6 Å². The van der Waals surface area contributed by atoms with Crippen molar-refractivity contribution in [1.82, 2.24) is 20.1 Å². The zero-order chi connectivity index (χ0) is 19.5. The van der Waals surface area contributed by atoms with Crippen LogP contribution in [0, 0.1) is 12.7 Å². The normalized spacial score (nSPS) is 10.8. The molecule has 3 heterocycles. The molecule has 0 amide bonds. The minimum absolute atomic E-state index is 0.00326. The van der Waals surface area contributed by atoms with Crippen LogP contribution in [0.4, 0.5) is 4.39 Å². The van der Waals surface area contributed by atoms with Crippen LogP contribution in [0.5, 0.6) is 0 Å². The molecule has 0 saturated carbocycles. The highest BCUT2D eigenvalue weighted by Crippen LogP contribution is 2.27. The number of carbonyl (C=O) groups excluding carboxylic acids is 1. The fraction of sp³-hybridized carbons (Fsp3) is 0.0952. The smallest absolute Gasteiger partial charge is 0.171 e. The molecule has 4 aromatic rings. The Morgan fingerprint density at radius 2 is 1.96 bits per heavy atom. The molecular formula is C21H15FN4O2. The van der Waals surface area contributed by atoms with Gasteiger partial charge in [0.1, 0.15) is 0 Å². The average Bonchev–Trinajstić information content (AvgIpc) is 3.24. The SMILES string of the molecule is Cc1ccc(-c2ccno2)cc1-c1cnc(CC(=O)c2ccncc2F)cn1. The minimum Gasteiger partial charge on any atom is -0.356 e. The number of benzene rings is 1. The Bertz CT molecular complexity index is 1130. The second-order valence-electron chi connectivity index (χ2n) is 6.25. The van der Waals surface area contributed by atoms with Crippen molar-refractivity contribution in [2.24, 2.45) is 0 Å². The van der Waals surface area contributed by atoms with E-state index in [9.17, 15) is 9.18 Å². The van der Waals surface area contributed by atoms with Crippen LogP contribution in [0.2, 0.25) is 0 Å². The highest BCUT2D eigenvalue weighted by molar-refractivity contribution is 5.97. The predicted molar refractivity (Wildman–Crippen MR) is 99.9 cm³/mol. The van der Waals surface area contributed by atoms with E-state index >= 15 is 0 Å². The maximum absolute atomic E-state index is 13.7. The lowest BCUT2D eigenvalue weighted by Crippen LogP contribution is -2.08. The van der Waals surface area contributed by atoms with Gasteiger partial charge in [-0.3, -0.25) is 19.7 Å². The van der Waals surface area contributed by atoms with Gasteiger partial charge in [-0.15, -0.1) is 0 Å². The Labute approximate surface area is 160 Å². The van der Waals surface area contributed by atoms with E-state index in [1.165, 1.54) is 18.5 Å². The molecule has 0 aliphatic heterocycles. The molecule has 1 aromatic carbocycles. The van der Waals surface area contributed by atoms with Gasteiger partial charge in [-0.2, -0.15) is 0 Å². The van der Waals surface area contributed by atoms with E-state index in [-0.39, 0.29) is 17.8 Å². The first-order valence-electron chi connectivity index (χ1n) is 8.57. The number of hydrogen-bond donors (Lipinski definition) is 0. The number of nitrogens with zero attached hydrogens (tertiary/aromatic N) is 4. The van der Waals surface area contributed by atoms with E-state index in [4.69, 9.17) is 4.52 Å². The summed E-state index contributed by atoms with van der Waals surface area (Å²) in [5.41, 5.74) is 3.95. The van der Waals surface area contributed by atoms with E-state index in [2.05, 4.69) is 20.1 Å². The van der Waals surface area contributed by atoms with Gasteiger partial charge in [0.15, 0.2) is 17.4 Å². The summed E-state index contributed by atoms with van der Waals surface area (Å²) in [5.74, 6) is -0.349. The Morgan fingerprint density at radius 3 is 2.68 bits per heavy atom. The predicted octanol–water partition coefficient (Wildman–Crippen LogP) is 4.07. The van der Waals surface area contributed by atoms with E-state index in [1.807, 2.05) is 25.1 Å². The molecule has 4 rings (SSSR count). The van der Waals surface area contributed by atoms with E-state index in [0.717, 1.165) is 22.9 Å². The lowest BCUT2D eigenvalue weighted by atomic mass is 10.0. The van der Waals surface area contributed by atoms with Crippen molar-refractivity contribution in [2.45, 2.75) is 13.3 Å². The first kappa shape index (κ1) is 17.7. The zero-order valence-electron chi connectivity index (χ0n) is 15.0. The number of carbonyl (C=O) groups is 1. The van der Waals surface area contributed by atoms with Crippen LogP contribution < -0.4 is 0 Å². The van der Waals surface area contributed by atoms with E-state index in [0.29, 0.717) is 17.1 Å². The maximum Gasteiger partial charge on any atom is 0.171 e. The number of aryl methyl sites for hydroxylation is 1. The van der Waals surface area contributed by atoms with Gasteiger partial charge in [0, 0.05) is 29.6 Å². The molecule has 0 N–H and O–H groups in total. The standard InChI is InChI=1S/C21H15FN4O2/c1-13-2-3-14(21-5-7-26-28-21)8-17(13)19-12-24-15(10-25-19)9-20(27)16-4-6-23-11-18(16)22/h2-8,10-12H,9H2,1H3. The number of ketones is 1. The molecule has 0 fully saturated rings. The molecule has 28 heavy (non-hydrogen) atoms. The molecule has 0 unspecified atom stereocenters. The summed E-state index contributed by atoms with van der Waals surface area (Å²) in [6, 6.07) is 9.02. The monoisotopic (exact) mass is 374 g/mol. The third kappa shape index (κ3) is 3.55. The number of hydrogen-bond acceptors (Lipinski definition) is 6. The molecular weight excluding hydrogens is 359 g/mol. The van der Waals surface area contributed by atoms with Crippen LogP contribution in [0.1, 0.15) is 21.6 Å². The van der Waals surface area contributed by atoms with Gasteiger partial charge in [0.25, 0.3) is 0 Å². The van der Waals surface area contributed by atoms with Gasteiger partial charge in [-0.1, -0.05) is 17.3 Å². The Morgan fingerprint density at radius 1 is 1.07 bits per heavy atom. The molecule has 0 radical (unpaired) electrons. The molecule has 0 aliphatic carbocycles. The average molecular weight is 374 g/mol. The molecule has 6 nitrogen and oxygen atoms in total.